The third-order valence-electron chi connectivity index (χ3n) is 5.54. The number of unbranched alkanes of at least 4 members (excludes halogenated alkanes) is 1. The van der Waals surface area contributed by atoms with Crippen molar-refractivity contribution in [3.05, 3.63) is 47.0 Å². The van der Waals surface area contributed by atoms with Crippen LogP contribution in [0.25, 0.3) is 0 Å². The fourth-order valence-corrected chi connectivity index (χ4v) is 4.17. The van der Waals surface area contributed by atoms with Gasteiger partial charge in [-0.15, -0.1) is 0 Å². The van der Waals surface area contributed by atoms with E-state index in [4.69, 9.17) is 33.7 Å². The van der Waals surface area contributed by atoms with Gasteiger partial charge in [0.25, 0.3) is 5.17 Å². The van der Waals surface area contributed by atoms with Crippen LogP contribution in [-0.4, -0.2) is 58.4 Å². The van der Waals surface area contributed by atoms with Gasteiger partial charge in [0.15, 0.2) is 0 Å². The van der Waals surface area contributed by atoms with Crippen molar-refractivity contribution in [2.24, 2.45) is 11.8 Å². The predicted octanol–water partition coefficient (Wildman–Crippen LogP) is 2.31. The quantitative estimate of drug-likeness (QED) is 0.176. The molecule has 1 fully saturated rings. The Labute approximate surface area is 199 Å². The molecular weight excluding hydrogens is 452 g/mol. The lowest BCUT2D eigenvalue weighted by Gasteiger charge is -2.23. The van der Waals surface area contributed by atoms with Crippen LogP contribution in [0.5, 0.6) is 0 Å². The maximum absolute atomic E-state index is 11.5. The zero-order valence-corrected chi connectivity index (χ0v) is 19.7. The lowest BCUT2D eigenvalue weighted by atomic mass is 9.91. The number of carbonyl (C=O) groups is 1. The van der Waals surface area contributed by atoms with Crippen molar-refractivity contribution < 1.29 is 24.9 Å². The summed E-state index contributed by atoms with van der Waals surface area (Å²) in [5, 5.41) is 35.9. The molecule has 0 aromatic heterocycles. The standard InChI is InChI=1S/C23H33ClN2O5S/c24-17-7-5-6-16(12-17)14-26-23(32)31-15-19-18(20(28)13-21(19)29)8-3-1-2-4-9-22(30)25-10-11-27/h1,3,5-7,12,18-21,27-29H,2,4,8-11,13-15H2,(H,25,30)(H,26,32)/b3-1-/t18-,19-,20+,21-/m1/s1. The number of benzene rings is 1. The highest BCUT2D eigenvalue weighted by Gasteiger charge is 2.41. The Morgan fingerprint density at radius 3 is 2.75 bits per heavy atom. The first-order valence-electron chi connectivity index (χ1n) is 10.9. The smallest absolute Gasteiger partial charge is 0.256 e. The van der Waals surface area contributed by atoms with Crippen LogP contribution in [0.2, 0.25) is 5.02 Å². The van der Waals surface area contributed by atoms with Crippen LogP contribution in [0.1, 0.15) is 37.7 Å². The number of aliphatic hydroxyl groups excluding tert-OH is 3. The molecule has 178 valence electrons. The van der Waals surface area contributed by atoms with Gasteiger partial charge in [0.1, 0.15) is 0 Å². The summed E-state index contributed by atoms with van der Waals surface area (Å²) in [5.41, 5.74) is 0.980. The van der Waals surface area contributed by atoms with Crippen molar-refractivity contribution in [1.29, 1.82) is 0 Å². The molecule has 32 heavy (non-hydrogen) atoms. The van der Waals surface area contributed by atoms with E-state index in [-0.39, 0.29) is 42.7 Å². The van der Waals surface area contributed by atoms with Gasteiger partial charge in [0.2, 0.25) is 5.91 Å². The highest BCUT2D eigenvalue weighted by atomic mass is 35.5. The minimum absolute atomic E-state index is 0.0607. The van der Waals surface area contributed by atoms with E-state index in [9.17, 15) is 15.0 Å². The highest BCUT2D eigenvalue weighted by Crippen LogP contribution is 2.35. The zero-order chi connectivity index (χ0) is 23.3. The fourth-order valence-electron chi connectivity index (χ4n) is 3.81. The van der Waals surface area contributed by atoms with Crippen molar-refractivity contribution in [3.63, 3.8) is 0 Å². The summed E-state index contributed by atoms with van der Waals surface area (Å²) in [5.74, 6) is -0.409. The number of hydrogen-bond donors (Lipinski definition) is 5. The first kappa shape index (κ1) is 26.5. The molecule has 0 saturated heterocycles. The van der Waals surface area contributed by atoms with Crippen molar-refractivity contribution in [2.45, 2.75) is 50.9 Å². The van der Waals surface area contributed by atoms with Crippen LogP contribution in [0.15, 0.2) is 36.4 Å². The number of ether oxygens (including phenoxy) is 1. The van der Waals surface area contributed by atoms with Gasteiger partial charge >= 0.3 is 0 Å². The summed E-state index contributed by atoms with van der Waals surface area (Å²) in [7, 11) is 0. The van der Waals surface area contributed by atoms with E-state index < -0.39 is 12.2 Å². The van der Waals surface area contributed by atoms with Gasteiger partial charge in [-0.05, 0) is 61.5 Å². The molecule has 7 nitrogen and oxygen atoms in total. The van der Waals surface area contributed by atoms with E-state index in [0.717, 1.165) is 12.0 Å². The van der Waals surface area contributed by atoms with Gasteiger partial charge < -0.3 is 30.7 Å². The van der Waals surface area contributed by atoms with Gasteiger partial charge in [-0.3, -0.25) is 4.79 Å². The lowest BCUT2D eigenvalue weighted by Crippen LogP contribution is -2.31. The topological polar surface area (TPSA) is 111 Å². The van der Waals surface area contributed by atoms with Crippen molar-refractivity contribution in [3.8, 4) is 0 Å². The maximum Gasteiger partial charge on any atom is 0.256 e. The molecule has 1 aliphatic carbocycles. The number of allylic oxidation sites excluding steroid dienone is 2. The molecule has 0 radical (unpaired) electrons. The average Bonchev–Trinajstić information content (AvgIpc) is 3.03. The van der Waals surface area contributed by atoms with Crippen LogP contribution >= 0.6 is 23.8 Å². The van der Waals surface area contributed by atoms with Crippen LogP contribution in [0.4, 0.5) is 0 Å². The summed E-state index contributed by atoms with van der Waals surface area (Å²) in [4.78, 5) is 11.5. The number of aliphatic hydroxyl groups is 3. The molecule has 0 bridgehead atoms. The second kappa shape index (κ2) is 14.4. The molecule has 1 aliphatic rings. The number of amides is 1. The summed E-state index contributed by atoms with van der Waals surface area (Å²) in [6, 6.07) is 7.45. The predicted molar refractivity (Wildman–Crippen MR) is 128 cm³/mol. The van der Waals surface area contributed by atoms with Crippen LogP contribution in [0.3, 0.4) is 0 Å². The second-order valence-electron chi connectivity index (χ2n) is 7.95. The van der Waals surface area contributed by atoms with Gasteiger partial charge in [-0.25, -0.2) is 0 Å². The van der Waals surface area contributed by atoms with Crippen molar-refractivity contribution >= 4 is 34.9 Å². The molecule has 1 amide bonds. The average molecular weight is 485 g/mol. The van der Waals surface area contributed by atoms with Gasteiger partial charge in [-0.2, -0.15) is 0 Å². The van der Waals surface area contributed by atoms with E-state index in [1.165, 1.54) is 0 Å². The minimum Gasteiger partial charge on any atom is -0.471 e. The van der Waals surface area contributed by atoms with Crippen LogP contribution < -0.4 is 10.6 Å². The first-order valence-corrected chi connectivity index (χ1v) is 11.7. The summed E-state index contributed by atoms with van der Waals surface area (Å²) < 4.78 is 5.66. The molecule has 0 spiro atoms. The third-order valence-corrected chi connectivity index (χ3v) is 6.03. The van der Waals surface area contributed by atoms with Crippen LogP contribution in [0, 0.1) is 11.8 Å². The van der Waals surface area contributed by atoms with E-state index >= 15 is 0 Å². The summed E-state index contributed by atoms with van der Waals surface area (Å²) in [6.07, 6.45) is 5.54. The number of nitrogens with one attached hydrogen (secondary N) is 2. The molecule has 1 aromatic carbocycles. The largest absolute Gasteiger partial charge is 0.471 e. The number of rotatable bonds is 12. The zero-order valence-electron chi connectivity index (χ0n) is 18.1. The normalized spacial score (nSPS) is 22.8. The fraction of sp³-hybridized carbons (Fsp3) is 0.565. The molecule has 2 rings (SSSR count). The number of hydrogen-bond acceptors (Lipinski definition) is 6. The molecule has 0 unspecified atom stereocenters. The minimum atomic E-state index is -0.644. The molecule has 4 atom stereocenters. The SMILES string of the molecule is O=C(CCC/C=C\C[C@@H]1[C@@H](COC(=S)NCc2cccc(Cl)c2)[C@H](O)C[C@@H]1O)NCCO. The molecule has 0 heterocycles. The van der Waals surface area contributed by atoms with E-state index in [0.29, 0.717) is 37.3 Å². The lowest BCUT2D eigenvalue weighted by molar-refractivity contribution is -0.121. The molecule has 1 aromatic rings. The Kier molecular flexibility index (Phi) is 12.0. The Bertz CT molecular complexity index is 764. The van der Waals surface area contributed by atoms with E-state index in [2.05, 4.69) is 10.6 Å². The molecular formula is C23H33ClN2O5S. The Hall–Kier alpha value is -1.71. The van der Waals surface area contributed by atoms with Crippen molar-refractivity contribution in [2.75, 3.05) is 19.8 Å². The Balaban J connectivity index is 1.71. The van der Waals surface area contributed by atoms with E-state index in [1.807, 2.05) is 30.4 Å². The van der Waals surface area contributed by atoms with Gasteiger partial charge in [0, 0.05) is 30.5 Å². The monoisotopic (exact) mass is 484 g/mol. The Morgan fingerprint density at radius 1 is 1.22 bits per heavy atom. The molecule has 9 heteroatoms. The molecule has 5 N–H and O–H groups in total. The number of carbonyl (C=O) groups excluding carboxylic acids is 1. The van der Waals surface area contributed by atoms with Crippen LogP contribution in [-0.2, 0) is 16.1 Å². The van der Waals surface area contributed by atoms with Gasteiger partial charge in [0.05, 0.1) is 25.4 Å². The molecule has 1 saturated carbocycles. The second-order valence-corrected chi connectivity index (χ2v) is 8.76. The Morgan fingerprint density at radius 2 is 2.00 bits per heavy atom. The third kappa shape index (κ3) is 9.42. The summed E-state index contributed by atoms with van der Waals surface area (Å²) >= 11 is 11.2. The number of halogens is 1. The van der Waals surface area contributed by atoms with E-state index in [1.54, 1.807) is 6.07 Å². The highest BCUT2D eigenvalue weighted by molar-refractivity contribution is 7.80. The molecule has 0 aliphatic heterocycles. The summed E-state index contributed by atoms with van der Waals surface area (Å²) in [6.45, 7) is 0.928. The number of thiocarbonyl (C=S) groups is 1. The maximum atomic E-state index is 11.5. The van der Waals surface area contributed by atoms with Gasteiger partial charge in [-0.1, -0.05) is 35.9 Å². The first-order chi connectivity index (χ1) is 15.4. The van der Waals surface area contributed by atoms with Crippen molar-refractivity contribution in [1.82, 2.24) is 10.6 Å².